The highest BCUT2D eigenvalue weighted by Gasteiger charge is 2.55. The maximum absolute atomic E-state index is 11.6. The lowest BCUT2D eigenvalue weighted by atomic mass is 10.1. The largest absolute Gasteiger partial charge is 0.497 e. The standard InChI is InChI=1S/C12H17NO3S/c1-16-9-5-3-8(4-6-9)11-10(7-13)12(11)17(2,14)15/h3-6,10-12H,7,13H2,1-2H3/t10-,11-,12-/m1/s1. The minimum absolute atomic E-state index is 0.0425. The van der Waals surface area contributed by atoms with Crippen LogP contribution in [0.3, 0.4) is 0 Å². The summed E-state index contributed by atoms with van der Waals surface area (Å²) in [6.07, 6.45) is 1.28. The molecule has 1 aromatic carbocycles. The number of ether oxygens (including phenoxy) is 1. The molecule has 1 aliphatic rings. The molecule has 3 atom stereocenters. The lowest BCUT2D eigenvalue weighted by molar-refractivity contribution is 0.414. The quantitative estimate of drug-likeness (QED) is 0.863. The van der Waals surface area contributed by atoms with Crippen LogP contribution in [0, 0.1) is 5.92 Å². The van der Waals surface area contributed by atoms with Gasteiger partial charge in [0, 0.05) is 12.2 Å². The van der Waals surface area contributed by atoms with E-state index in [9.17, 15) is 8.42 Å². The van der Waals surface area contributed by atoms with Gasteiger partial charge in [-0.3, -0.25) is 0 Å². The Morgan fingerprint density at radius 3 is 2.24 bits per heavy atom. The normalized spacial score (nSPS) is 27.8. The van der Waals surface area contributed by atoms with E-state index in [-0.39, 0.29) is 17.1 Å². The van der Waals surface area contributed by atoms with Gasteiger partial charge in [-0.1, -0.05) is 12.1 Å². The summed E-state index contributed by atoms with van der Waals surface area (Å²) in [4.78, 5) is 0. The molecule has 0 bridgehead atoms. The first-order valence-electron chi connectivity index (χ1n) is 5.52. The van der Waals surface area contributed by atoms with Crippen molar-refractivity contribution in [1.29, 1.82) is 0 Å². The van der Waals surface area contributed by atoms with Gasteiger partial charge in [0.1, 0.15) is 5.75 Å². The van der Waals surface area contributed by atoms with Crippen LogP contribution in [0.5, 0.6) is 5.75 Å². The van der Waals surface area contributed by atoms with E-state index in [1.54, 1.807) is 7.11 Å². The molecule has 0 amide bonds. The molecule has 94 valence electrons. The number of hydrogen-bond donors (Lipinski definition) is 1. The topological polar surface area (TPSA) is 69.4 Å². The van der Waals surface area contributed by atoms with Crippen LogP contribution in [0.1, 0.15) is 11.5 Å². The van der Waals surface area contributed by atoms with Crippen LogP contribution < -0.4 is 10.5 Å². The van der Waals surface area contributed by atoms with Gasteiger partial charge in [0.05, 0.1) is 12.4 Å². The van der Waals surface area contributed by atoms with Crippen molar-refractivity contribution < 1.29 is 13.2 Å². The monoisotopic (exact) mass is 255 g/mol. The van der Waals surface area contributed by atoms with E-state index in [1.165, 1.54) is 6.26 Å². The molecule has 0 heterocycles. The first-order chi connectivity index (χ1) is 7.99. The van der Waals surface area contributed by atoms with E-state index in [2.05, 4.69) is 0 Å². The third kappa shape index (κ3) is 2.30. The fourth-order valence-electron chi connectivity index (χ4n) is 2.47. The molecule has 0 radical (unpaired) electrons. The van der Waals surface area contributed by atoms with Gasteiger partial charge in [-0.05, 0) is 30.2 Å². The molecule has 0 spiro atoms. The van der Waals surface area contributed by atoms with Gasteiger partial charge >= 0.3 is 0 Å². The summed E-state index contributed by atoms with van der Waals surface area (Å²) in [5, 5.41) is -0.319. The minimum Gasteiger partial charge on any atom is -0.497 e. The van der Waals surface area contributed by atoms with Crippen molar-refractivity contribution in [3.05, 3.63) is 29.8 Å². The highest BCUT2D eigenvalue weighted by atomic mass is 32.2. The summed E-state index contributed by atoms with van der Waals surface area (Å²) in [6, 6.07) is 7.52. The highest BCUT2D eigenvalue weighted by molar-refractivity contribution is 7.91. The lowest BCUT2D eigenvalue weighted by Gasteiger charge is -2.02. The predicted molar refractivity (Wildman–Crippen MR) is 66.9 cm³/mol. The maximum atomic E-state index is 11.6. The van der Waals surface area contributed by atoms with Gasteiger partial charge in [0.15, 0.2) is 9.84 Å². The van der Waals surface area contributed by atoms with Crippen LogP contribution in [-0.4, -0.2) is 33.6 Å². The van der Waals surface area contributed by atoms with E-state index in [4.69, 9.17) is 10.5 Å². The number of rotatable bonds is 4. The zero-order valence-electron chi connectivity index (χ0n) is 9.96. The Balaban J connectivity index is 2.23. The Morgan fingerprint density at radius 2 is 1.88 bits per heavy atom. The smallest absolute Gasteiger partial charge is 0.151 e. The van der Waals surface area contributed by atoms with Crippen molar-refractivity contribution in [2.75, 3.05) is 19.9 Å². The summed E-state index contributed by atoms with van der Waals surface area (Å²) >= 11 is 0. The second kappa shape index (κ2) is 4.31. The zero-order valence-corrected chi connectivity index (χ0v) is 10.8. The van der Waals surface area contributed by atoms with E-state index in [0.717, 1.165) is 11.3 Å². The molecule has 17 heavy (non-hydrogen) atoms. The predicted octanol–water partition coefficient (Wildman–Crippen LogP) is 0.780. The molecule has 2 N–H and O–H groups in total. The van der Waals surface area contributed by atoms with Crippen LogP contribution in [0.25, 0.3) is 0 Å². The van der Waals surface area contributed by atoms with Crippen LogP contribution >= 0.6 is 0 Å². The van der Waals surface area contributed by atoms with E-state index >= 15 is 0 Å². The third-order valence-corrected chi connectivity index (χ3v) is 5.00. The lowest BCUT2D eigenvalue weighted by Crippen LogP contribution is -2.11. The second-order valence-electron chi connectivity index (χ2n) is 4.49. The first kappa shape index (κ1) is 12.4. The van der Waals surface area contributed by atoms with Crippen LogP contribution in [0.2, 0.25) is 0 Å². The molecular weight excluding hydrogens is 238 g/mol. The Hall–Kier alpha value is -1.07. The first-order valence-corrected chi connectivity index (χ1v) is 7.47. The molecule has 4 nitrogen and oxygen atoms in total. The summed E-state index contributed by atoms with van der Waals surface area (Å²) in [5.41, 5.74) is 6.64. The Labute approximate surface area is 102 Å². The van der Waals surface area contributed by atoms with Crippen LogP contribution in [-0.2, 0) is 9.84 Å². The number of methoxy groups -OCH3 is 1. The highest BCUT2D eigenvalue weighted by Crippen LogP contribution is 2.51. The van der Waals surface area contributed by atoms with Gasteiger partial charge in [0.2, 0.25) is 0 Å². The van der Waals surface area contributed by atoms with E-state index in [0.29, 0.717) is 6.54 Å². The van der Waals surface area contributed by atoms with Crippen molar-refractivity contribution in [3.8, 4) is 5.75 Å². The molecule has 1 saturated carbocycles. The Morgan fingerprint density at radius 1 is 1.29 bits per heavy atom. The average Bonchev–Trinajstić information content (AvgIpc) is 3.03. The Kier molecular flexibility index (Phi) is 3.14. The fourth-order valence-corrected chi connectivity index (χ4v) is 4.19. The SMILES string of the molecule is COc1ccc([C@@H]2[C@@H](CN)[C@H]2S(C)(=O)=O)cc1. The minimum atomic E-state index is -3.02. The van der Waals surface area contributed by atoms with Gasteiger partial charge in [-0.15, -0.1) is 0 Å². The van der Waals surface area contributed by atoms with E-state index in [1.807, 2.05) is 24.3 Å². The van der Waals surface area contributed by atoms with E-state index < -0.39 is 9.84 Å². The summed E-state index contributed by atoms with van der Waals surface area (Å²) in [7, 11) is -1.41. The summed E-state index contributed by atoms with van der Waals surface area (Å²) in [6.45, 7) is 0.411. The molecule has 1 aliphatic carbocycles. The van der Waals surface area contributed by atoms with Gasteiger partial charge in [0.25, 0.3) is 0 Å². The molecule has 0 unspecified atom stereocenters. The molecular formula is C12H17NO3S. The summed E-state index contributed by atoms with van der Waals surface area (Å²) in [5.74, 6) is 0.869. The van der Waals surface area contributed by atoms with Crippen molar-refractivity contribution in [2.24, 2.45) is 11.7 Å². The summed E-state index contributed by atoms with van der Waals surface area (Å²) < 4.78 is 28.3. The molecule has 1 fully saturated rings. The molecule has 0 aliphatic heterocycles. The molecule has 2 rings (SSSR count). The molecule has 1 aromatic rings. The van der Waals surface area contributed by atoms with Crippen molar-refractivity contribution in [1.82, 2.24) is 0 Å². The van der Waals surface area contributed by atoms with Crippen molar-refractivity contribution in [2.45, 2.75) is 11.2 Å². The zero-order chi connectivity index (χ0) is 12.6. The molecule has 0 saturated heterocycles. The third-order valence-electron chi connectivity index (χ3n) is 3.36. The van der Waals surface area contributed by atoms with Crippen LogP contribution in [0.15, 0.2) is 24.3 Å². The van der Waals surface area contributed by atoms with Crippen molar-refractivity contribution in [3.63, 3.8) is 0 Å². The molecule has 0 aromatic heterocycles. The van der Waals surface area contributed by atoms with Gasteiger partial charge in [-0.2, -0.15) is 0 Å². The number of nitrogens with two attached hydrogens (primary N) is 1. The van der Waals surface area contributed by atoms with Crippen molar-refractivity contribution >= 4 is 9.84 Å². The average molecular weight is 255 g/mol. The number of benzene rings is 1. The number of sulfone groups is 1. The van der Waals surface area contributed by atoms with Crippen LogP contribution in [0.4, 0.5) is 0 Å². The number of hydrogen-bond acceptors (Lipinski definition) is 4. The Bertz CT molecular complexity index is 495. The second-order valence-corrected chi connectivity index (χ2v) is 6.70. The van der Waals surface area contributed by atoms with Gasteiger partial charge < -0.3 is 10.5 Å². The van der Waals surface area contributed by atoms with Gasteiger partial charge in [-0.25, -0.2) is 8.42 Å². The fraction of sp³-hybridized carbons (Fsp3) is 0.500. The molecule has 5 heteroatoms. The maximum Gasteiger partial charge on any atom is 0.151 e.